The molecule has 0 unspecified atom stereocenters. The molecule has 0 spiro atoms. The van der Waals surface area contributed by atoms with E-state index in [1.807, 2.05) is 54.6 Å². The van der Waals surface area contributed by atoms with Crippen LogP contribution in [0.4, 0.5) is 0 Å². The predicted octanol–water partition coefficient (Wildman–Crippen LogP) is 5.02. The van der Waals surface area contributed by atoms with Gasteiger partial charge >= 0.3 is 0 Å². The van der Waals surface area contributed by atoms with E-state index in [2.05, 4.69) is 24.3 Å². The van der Waals surface area contributed by atoms with Gasteiger partial charge in [0.25, 0.3) is 0 Å². The normalized spacial score (nSPS) is 9.86. The molecule has 1 radical (unpaired) electrons. The quantitative estimate of drug-likeness (QED) is 0.320. The van der Waals surface area contributed by atoms with Crippen LogP contribution in [0, 0.1) is 43.8 Å². The largest absolute Gasteiger partial charge is 0.295 e. The molecule has 0 bridgehead atoms. The number of hydrogen-bond acceptors (Lipinski definition) is 1. The van der Waals surface area contributed by atoms with E-state index >= 15 is 0 Å². The summed E-state index contributed by atoms with van der Waals surface area (Å²) >= 11 is 0. The summed E-state index contributed by atoms with van der Waals surface area (Å²) in [7, 11) is 0. The van der Waals surface area contributed by atoms with Crippen molar-refractivity contribution in [3.8, 4) is 22.3 Å². The van der Waals surface area contributed by atoms with Crippen molar-refractivity contribution in [3.05, 3.63) is 84.4 Å². The molecule has 0 N–H and O–H groups in total. The molecule has 3 aromatic carbocycles. The van der Waals surface area contributed by atoms with Gasteiger partial charge in [0.2, 0.25) is 0 Å². The van der Waals surface area contributed by atoms with Crippen LogP contribution in [-0.4, -0.2) is 5.78 Å². The maximum absolute atomic E-state index is 11.5. The van der Waals surface area contributed by atoms with E-state index in [-0.39, 0.29) is 43.5 Å². The Bertz CT molecular complexity index is 778. The van der Waals surface area contributed by atoms with Crippen molar-refractivity contribution >= 4 is 5.78 Å². The molecule has 3 rings (SSSR count). The zero-order valence-electron chi connectivity index (χ0n) is 12.1. The van der Waals surface area contributed by atoms with Crippen molar-refractivity contribution in [1.29, 1.82) is 0 Å². The fourth-order valence-corrected chi connectivity index (χ4v) is 2.38. The minimum absolute atomic E-state index is 0. The molecule has 0 amide bonds. The first kappa shape index (κ1) is 17.0. The molecule has 2 heteroatoms. The summed E-state index contributed by atoms with van der Waals surface area (Å²) in [6, 6.07) is 27.1. The smallest absolute Gasteiger partial charge is 0.159 e. The first-order valence-electron chi connectivity index (χ1n) is 6.92. The molecule has 0 fully saturated rings. The second kappa shape index (κ2) is 7.73. The molecule has 0 atom stereocenters. The van der Waals surface area contributed by atoms with Gasteiger partial charge in [-0.1, -0.05) is 36.4 Å². The van der Waals surface area contributed by atoms with E-state index in [9.17, 15) is 4.79 Å². The zero-order valence-corrected chi connectivity index (χ0v) is 14.1. The molecule has 0 heterocycles. The molecular formula is C20H15HoO-. The van der Waals surface area contributed by atoms with Crippen LogP contribution < -0.4 is 0 Å². The summed E-state index contributed by atoms with van der Waals surface area (Å²) in [4.78, 5) is 11.5. The average Bonchev–Trinajstić information content (AvgIpc) is 2.56. The zero-order chi connectivity index (χ0) is 14.7. The Balaban J connectivity index is 0.00000176. The van der Waals surface area contributed by atoms with E-state index in [0.717, 1.165) is 22.3 Å². The van der Waals surface area contributed by atoms with Crippen LogP contribution in [-0.2, 0) is 0 Å². The summed E-state index contributed by atoms with van der Waals surface area (Å²) in [6.07, 6.45) is 0. The number of carbonyl (C=O) groups is 1. The van der Waals surface area contributed by atoms with Crippen LogP contribution in [0.3, 0.4) is 0 Å². The molecule has 113 valence electrons. The van der Waals surface area contributed by atoms with E-state index in [4.69, 9.17) is 0 Å². The van der Waals surface area contributed by atoms with Crippen LogP contribution in [0.1, 0.15) is 17.3 Å². The minimum Gasteiger partial charge on any atom is -0.295 e. The monoisotopic (exact) mass is 436 g/mol. The maximum atomic E-state index is 11.5. The SMILES string of the molecule is CC(=O)c1cccc(-c2cccc(-c3cc[c-]cc3)c2)c1.[Ho]. The number of Topliss-reactive ketones (excluding diaryl/α,β-unsaturated/α-hetero) is 1. The molecule has 0 aliphatic rings. The fraction of sp³-hybridized carbons (Fsp3) is 0.0500. The molecule has 0 aromatic heterocycles. The molecule has 0 saturated carbocycles. The number of carbonyl (C=O) groups excluding carboxylic acids is 1. The Kier molecular flexibility index (Phi) is 5.96. The number of hydrogen-bond donors (Lipinski definition) is 0. The molecule has 22 heavy (non-hydrogen) atoms. The van der Waals surface area contributed by atoms with Crippen molar-refractivity contribution in [2.24, 2.45) is 0 Å². The van der Waals surface area contributed by atoms with Gasteiger partial charge < -0.3 is 0 Å². The van der Waals surface area contributed by atoms with Gasteiger partial charge in [0.15, 0.2) is 5.78 Å². The summed E-state index contributed by atoms with van der Waals surface area (Å²) in [6.45, 7) is 1.59. The third kappa shape index (κ3) is 3.86. The molecule has 0 aliphatic carbocycles. The Labute approximate surface area is 161 Å². The second-order valence-corrected chi connectivity index (χ2v) is 5.01. The third-order valence-electron chi connectivity index (χ3n) is 3.52. The molecule has 0 saturated heterocycles. The molecule has 1 nitrogen and oxygen atoms in total. The number of ketones is 1. The Morgan fingerprint density at radius 2 is 1.32 bits per heavy atom. The van der Waals surface area contributed by atoms with Crippen LogP contribution >= 0.6 is 0 Å². The summed E-state index contributed by atoms with van der Waals surface area (Å²) in [5.41, 5.74) is 5.25. The van der Waals surface area contributed by atoms with E-state index in [0.29, 0.717) is 0 Å². The first-order valence-corrected chi connectivity index (χ1v) is 6.92. The van der Waals surface area contributed by atoms with Crippen molar-refractivity contribution in [1.82, 2.24) is 0 Å². The topological polar surface area (TPSA) is 17.1 Å². The predicted molar refractivity (Wildman–Crippen MR) is 86.2 cm³/mol. The van der Waals surface area contributed by atoms with Crippen molar-refractivity contribution in [2.45, 2.75) is 6.92 Å². The van der Waals surface area contributed by atoms with Crippen molar-refractivity contribution < 1.29 is 42.5 Å². The van der Waals surface area contributed by atoms with Gasteiger partial charge in [0.05, 0.1) is 0 Å². The first-order chi connectivity index (χ1) is 10.2. The number of benzene rings is 3. The van der Waals surface area contributed by atoms with Gasteiger partial charge in [0.1, 0.15) is 0 Å². The summed E-state index contributed by atoms with van der Waals surface area (Å²) in [5.74, 6) is 0.0894. The number of rotatable bonds is 3. The van der Waals surface area contributed by atoms with Crippen LogP contribution in [0.15, 0.2) is 72.8 Å². The van der Waals surface area contributed by atoms with Crippen LogP contribution in [0.5, 0.6) is 0 Å². The van der Waals surface area contributed by atoms with E-state index in [1.54, 1.807) is 6.92 Å². The Hall–Kier alpha value is -1.41. The van der Waals surface area contributed by atoms with Gasteiger partial charge in [0, 0.05) is 43.3 Å². The Morgan fingerprint density at radius 1 is 0.773 bits per heavy atom. The average molecular weight is 436 g/mol. The molecule has 3 aromatic rings. The van der Waals surface area contributed by atoms with Gasteiger partial charge in [-0.2, -0.15) is 30.3 Å². The van der Waals surface area contributed by atoms with Crippen LogP contribution in [0.2, 0.25) is 0 Å². The van der Waals surface area contributed by atoms with E-state index in [1.165, 1.54) is 5.56 Å². The fourth-order valence-electron chi connectivity index (χ4n) is 2.38. The van der Waals surface area contributed by atoms with Gasteiger partial charge in [-0.05, 0) is 35.7 Å². The van der Waals surface area contributed by atoms with Gasteiger partial charge in [-0.25, -0.2) is 0 Å². The van der Waals surface area contributed by atoms with Crippen molar-refractivity contribution in [2.75, 3.05) is 0 Å². The third-order valence-corrected chi connectivity index (χ3v) is 3.52. The summed E-state index contributed by atoms with van der Waals surface area (Å²) in [5, 5.41) is 0. The molecule has 0 aliphatic heterocycles. The van der Waals surface area contributed by atoms with Gasteiger partial charge in [-0.15, -0.1) is 5.56 Å². The van der Waals surface area contributed by atoms with Gasteiger partial charge in [-0.3, -0.25) is 4.79 Å². The minimum atomic E-state index is 0. The summed E-state index contributed by atoms with van der Waals surface area (Å²) < 4.78 is 0. The standard InChI is InChI=1S/C20H15O.Ho/c1-15(21)17-9-5-11-19(13-17)20-12-6-10-18(14-20)16-7-3-2-4-8-16;/h3-14H,1H3;/q-1;. The van der Waals surface area contributed by atoms with Crippen molar-refractivity contribution in [3.63, 3.8) is 0 Å². The molecular weight excluding hydrogens is 421 g/mol. The van der Waals surface area contributed by atoms with E-state index < -0.39 is 0 Å². The second-order valence-electron chi connectivity index (χ2n) is 5.01. The maximum Gasteiger partial charge on any atom is 0.159 e. The van der Waals surface area contributed by atoms with Crippen LogP contribution in [0.25, 0.3) is 22.3 Å². The Morgan fingerprint density at radius 3 is 1.95 bits per heavy atom.